The molecule has 1 unspecified atom stereocenters. The molecule has 0 aromatic heterocycles. The van der Waals surface area contributed by atoms with Crippen LogP contribution in [0.5, 0.6) is 0 Å². The normalized spacial score (nSPS) is 31.1. The minimum atomic E-state index is -2.45. The molecular formula is C10H20Cl2F2N2. The topological polar surface area (TPSA) is 15.3 Å². The molecular weight excluding hydrogens is 257 g/mol. The SMILES string of the molecule is CC1(C)C(CN2CCNCC2)C1(F)F.Cl.Cl. The Balaban J connectivity index is 0.00000112. The smallest absolute Gasteiger partial charge is 0.258 e. The lowest BCUT2D eigenvalue weighted by molar-refractivity contribution is 0.0610. The molecule has 0 amide bonds. The number of hydrogen-bond acceptors (Lipinski definition) is 2. The van der Waals surface area contributed by atoms with Gasteiger partial charge < -0.3 is 10.2 Å². The second kappa shape index (κ2) is 5.34. The molecule has 1 atom stereocenters. The average Bonchev–Trinajstić information content (AvgIpc) is 2.50. The highest BCUT2D eigenvalue weighted by Crippen LogP contribution is 2.65. The highest BCUT2D eigenvalue weighted by molar-refractivity contribution is 5.85. The summed E-state index contributed by atoms with van der Waals surface area (Å²) >= 11 is 0. The minimum absolute atomic E-state index is 0. The molecule has 2 nitrogen and oxygen atoms in total. The van der Waals surface area contributed by atoms with Gasteiger partial charge in [0.15, 0.2) is 0 Å². The van der Waals surface area contributed by atoms with Crippen molar-refractivity contribution in [2.24, 2.45) is 11.3 Å². The van der Waals surface area contributed by atoms with Gasteiger partial charge in [0.25, 0.3) is 5.92 Å². The molecule has 1 aliphatic heterocycles. The predicted octanol–water partition coefficient (Wildman–Crippen LogP) is 2.03. The van der Waals surface area contributed by atoms with Gasteiger partial charge in [-0.05, 0) is 0 Å². The van der Waals surface area contributed by atoms with Gasteiger partial charge in [-0.3, -0.25) is 0 Å². The standard InChI is InChI=1S/C10H18F2N2.2ClH/c1-9(2)8(10(9,11)12)7-14-5-3-13-4-6-14;;/h8,13H,3-7H2,1-2H3;2*1H. The van der Waals surface area contributed by atoms with Crippen LogP contribution in [-0.4, -0.2) is 43.5 Å². The molecule has 0 aromatic rings. The Kier molecular flexibility index (Phi) is 5.46. The Morgan fingerprint density at radius 1 is 1.19 bits per heavy atom. The van der Waals surface area contributed by atoms with Gasteiger partial charge in [-0.25, -0.2) is 8.78 Å². The molecule has 1 saturated heterocycles. The molecule has 2 rings (SSSR count). The summed E-state index contributed by atoms with van der Waals surface area (Å²) in [7, 11) is 0. The molecule has 1 N–H and O–H groups in total. The van der Waals surface area contributed by atoms with Crippen LogP contribution < -0.4 is 5.32 Å². The van der Waals surface area contributed by atoms with E-state index < -0.39 is 17.3 Å². The maximum atomic E-state index is 13.3. The summed E-state index contributed by atoms with van der Waals surface area (Å²) in [6.07, 6.45) is 0. The van der Waals surface area contributed by atoms with Crippen molar-refractivity contribution in [3.63, 3.8) is 0 Å². The van der Waals surface area contributed by atoms with E-state index in [1.54, 1.807) is 13.8 Å². The first kappa shape index (κ1) is 16.4. The van der Waals surface area contributed by atoms with Crippen LogP contribution in [0.1, 0.15) is 13.8 Å². The first-order valence-electron chi connectivity index (χ1n) is 5.27. The van der Waals surface area contributed by atoms with Crippen molar-refractivity contribution in [1.29, 1.82) is 0 Å². The molecule has 1 saturated carbocycles. The number of piperazine rings is 1. The summed E-state index contributed by atoms with van der Waals surface area (Å²) in [5, 5.41) is 3.22. The Morgan fingerprint density at radius 2 is 1.62 bits per heavy atom. The van der Waals surface area contributed by atoms with Crippen LogP contribution in [-0.2, 0) is 0 Å². The summed E-state index contributed by atoms with van der Waals surface area (Å²) in [5.74, 6) is -2.88. The van der Waals surface area contributed by atoms with Crippen LogP contribution in [0, 0.1) is 11.3 Å². The molecule has 0 aromatic carbocycles. The van der Waals surface area contributed by atoms with Gasteiger partial charge in [-0.15, -0.1) is 24.8 Å². The Hall–Kier alpha value is 0.360. The number of nitrogens with one attached hydrogen (secondary N) is 1. The van der Waals surface area contributed by atoms with Gasteiger partial charge in [-0.2, -0.15) is 0 Å². The zero-order valence-electron chi connectivity index (χ0n) is 9.63. The summed E-state index contributed by atoms with van der Waals surface area (Å²) in [5.41, 5.74) is -0.780. The van der Waals surface area contributed by atoms with E-state index in [4.69, 9.17) is 0 Å². The highest BCUT2D eigenvalue weighted by atomic mass is 35.5. The summed E-state index contributed by atoms with van der Waals surface area (Å²) in [4.78, 5) is 2.14. The Labute approximate surface area is 108 Å². The third-order valence-electron chi connectivity index (χ3n) is 3.73. The van der Waals surface area contributed by atoms with Gasteiger partial charge in [0.1, 0.15) is 0 Å². The van der Waals surface area contributed by atoms with Crippen molar-refractivity contribution in [2.75, 3.05) is 32.7 Å². The number of hydrogen-bond donors (Lipinski definition) is 1. The monoisotopic (exact) mass is 276 g/mol. The quantitative estimate of drug-likeness (QED) is 0.830. The lowest BCUT2D eigenvalue weighted by atomic mass is 10.1. The van der Waals surface area contributed by atoms with Crippen LogP contribution >= 0.6 is 24.8 Å². The number of nitrogens with zero attached hydrogens (tertiary/aromatic N) is 1. The maximum Gasteiger partial charge on any atom is 0.258 e. The van der Waals surface area contributed by atoms with Crippen LogP contribution in [0.25, 0.3) is 0 Å². The van der Waals surface area contributed by atoms with Crippen LogP contribution in [0.4, 0.5) is 8.78 Å². The molecule has 16 heavy (non-hydrogen) atoms. The van der Waals surface area contributed by atoms with Crippen molar-refractivity contribution in [2.45, 2.75) is 19.8 Å². The van der Waals surface area contributed by atoms with Crippen molar-refractivity contribution in [3.05, 3.63) is 0 Å². The van der Waals surface area contributed by atoms with E-state index in [9.17, 15) is 8.78 Å². The molecule has 1 heterocycles. The van der Waals surface area contributed by atoms with E-state index >= 15 is 0 Å². The number of alkyl halides is 2. The molecule has 2 aliphatic rings. The maximum absolute atomic E-state index is 13.3. The van der Waals surface area contributed by atoms with Crippen molar-refractivity contribution < 1.29 is 8.78 Å². The van der Waals surface area contributed by atoms with E-state index in [-0.39, 0.29) is 24.8 Å². The summed E-state index contributed by atoms with van der Waals surface area (Å²) in [6, 6.07) is 0. The Bertz CT molecular complexity index is 217. The summed E-state index contributed by atoms with van der Waals surface area (Å²) < 4.78 is 26.6. The Morgan fingerprint density at radius 3 is 2.00 bits per heavy atom. The van der Waals surface area contributed by atoms with Crippen molar-refractivity contribution in [3.8, 4) is 0 Å². The van der Waals surface area contributed by atoms with Crippen molar-refractivity contribution >= 4 is 24.8 Å². The van der Waals surface area contributed by atoms with E-state index in [2.05, 4.69) is 10.2 Å². The molecule has 98 valence electrons. The first-order chi connectivity index (χ1) is 6.46. The summed E-state index contributed by atoms with van der Waals surface area (Å²) in [6.45, 7) is 7.56. The van der Waals surface area contributed by atoms with E-state index in [1.807, 2.05) is 0 Å². The predicted molar refractivity (Wildman–Crippen MR) is 66.0 cm³/mol. The fourth-order valence-corrected chi connectivity index (χ4v) is 2.25. The average molecular weight is 277 g/mol. The molecule has 0 bridgehead atoms. The third kappa shape index (κ3) is 2.61. The van der Waals surface area contributed by atoms with Crippen molar-refractivity contribution in [1.82, 2.24) is 10.2 Å². The minimum Gasteiger partial charge on any atom is -0.314 e. The van der Waals surface area contributed by atoms with E-state index in [0.717, 1.165) is 26.2 Å². The second-order valence-electron chi connectivity index (χ2n) is 4.95. The van der Waals surface area contributed by atoms with E-state index in [0.29, 0.717) is 6.54 Å². The molecule has 0 radical (unpaired) electrons. The zero-order chi connectivity index (χ0) is 10.4. The van der Waals surface area contributed by atoms with Crippen LogP contribution in [0.15, 0.2) is 0 Å². The fraction of sp³-hybridized carbons (Fsp3) is 1.00. The van der Waals surface area contributed by atoms with Gasteiger partial charge in [0.2, 0.25) is 0 Å². The van der Waals surface area contributed by atoms with Gasteiger partial charge >= 0.3 is 0 Å². The zero-order valence-corrected chi connectivity index (χ0v) is 11.3. The molecule has 0 spiro atoms. The number of rotatable bonds is 2. The molecule has 6 heteroatoms. The lowest BCUT2D eigenvalue weighted by Crippen LogP contribution is -2.44. The number of halogens is 4. The highest BCUT2D eigenvalue weighted by Gasteiger charge is 2.74. The molecule has 1 aliphatic carbocycles. The molecule has 2 fully saturated rings. The fourth-order valence-electron chi connectivity index (χ4n) is 2.25. The third-order valence-corrected chi connectivity index (χ3v) is 3.73. The van der Waals surface area contributed by atoms with Gasteiger partial charge in [-0.1, -0.05) is 13.8 Å². The first-order valence-corrected chi connectivity index (χ1v) is 5.27. The van der Waals surface area contributed by atoms with Gasteiger partial charge in [0.05, 0.1) is 0 Å². The second-order valence-corrected chi connectivity index (χ2v) is 4.95. The lowest BCUT2D eigenvalue weighted by Gasteiger charge is -2.27. The van der Waals surface area contributed by atoms with Crippen LogP contribution in [0.2, 0.25) is 0 Å². The van der Waals surface area contributed by atoms with E-state index in [1.165, 1.54) is 0 Å². The van der Waals surface area contributed by atoms with Crippen LogP contribution in [0.3, 0.4) is 0 Å². The van der Waals surface area contributed by atoms with Gasteiger partial charge in [0, 0.05) is 44.1 Å². The largest absolute Gasteiger partial charge is 0.314 e.